The molecule has 0 aromatic heterocycles. The van der Waals surface area contributed by atoms with Crippen molar-refractivity contribution < 1.29 is 0 Å². The Labute approximate surface area is 107 Å². The Kier molecular flexibility index (Phi) is 4.60. The van der Waals surface area contributed by atoms with E-state index in [2.05, 4.69) is 52.8 Å². The molecule has 3 atom stereocenters. The molecule has 3 unspecified atom stereocenters. The van der Waals surface area contributed by atoms with Crippen molar-refractivity contribution in [2.45, 2.75) is 59.9 Å². The first kappa shape index (κ1) is 14.5. The molecule has 1 heteroatoms. The minimum Gasteiger partial charge on any atom is -0.326 e. The van der Waals surface area contributed by atoms with Crippen LogP contribution in [-0.4, -0.2) is 6.04 Å². The summed E-state index contributed by atoms with van der Waals surface area (Å²) in [6, 6.07) is 0.175. The normalized spacial score (nSPS) is 28.1. The van der Waals surface area contributed by atoms with Gasteiger partial charge < -0.3 is 5.73 Å². The predicted octanol–water partition coefficient (Wildman–Crippen LogP) is 4.10. The van der Waals surface area contributed by atoms with E-state index >= 15 is 0 Å². The monoisotopic (exact) mass is 234 g/mol. The van der Waals surface area contributed by atoms with Gasteiger partial charge >= 0.3 is 0 Å². The Morgan fingerprint density at radius 1 is 1.41 bits per heavy atom. The number of hydrogen-bond acceptors (Lipinski definition) is 1. The summed E-state index contributed by atoms with van der Waals surface area (Å²) in [5.41, 5.74) is 6.80. The lowest BCUT2D eigenvalue weighted by molar-refractivity contribution is 0.106. The van der Waals surface area contributed by atoms with Gasteiger partial charge in [-0.15, -0.1) is 0 Å². The molecule has 0 aliphatic heterocycles. The maximum absolute atomic E-state index is 6.59. The van der Waals surface area contributed by atoms with Gasteiger partial charge in [-0.2, -0.15) is 0 Å². The molecular formula is C16H28N. The van der Waals surface area contributed by atoms with Gasteiger partial charge in [0.15, 0.2) is 0 Å². The molecule has 1 aliphatic rings. The van der Waals surface area contributed by atoms with Gasteiger partial charge in [0.2, 0.25) is 0 Å². The largest absolute Gasteiger partial charge is 0.326 e. The fraction of sp³-hybridized carbons (Fsp3) is 0.750. The van der Waals surface area contributed by atoms with Crippen LogP contribution >= 0.6 is 0 Å². The summed E-state index contributed by atoms with van der Waals surface area (Å²) in [5.74, 6) is 0.610. The molecule has 0 bridgehead atoms. The first-order valence-corrected chi connectivity index (χ1v) is 6.84. The van der Waals surface area contributed by atoms with Gasteiger partial charge in [0.1, 0.15) is 0 Å². The Balaban J connectivity index is 3.02. The Bertz CT molecular complexity index is 295. The van der Waals surface area contributed by atoms with E-state index in [4.69, 9.17) is 5.73 Å². The lowest BCUT2D eigenvalue weighted by atomic mass is 9.60. The van der Waals surface area contributed by atoms with Crippen molar-refractivity contribution in [3.05, 3.63) is 24.3 Å². The van der Waals surface area contributed by atoms with Crippen LogP contribution in [0.3, 0.4) is 0 Å². The number of hydrogen-bond donors (Lipinski definition) is 1. The van der Waals surface area contributed by atoms with Crippen LogP contribution in [-0.2, 0) is 0 Å². The molecule has 2 N–H and O–H groups in total. The maximum Gasteiger partial charge on any atom is 0.0185 e. The van der Waals surface area contributed by atoms with E-state index in [1.54, 1.807) is 0 Å². The third-order valence-corrected chi connectivity index (χ3v) is 4.18. The fourth-order valence-corrected chi connectivity index (χ4v) is 2.96. The molecule has 0 saturated carbocycles. The topological polar surface area (TPSA) is 26.0 Å². The number of nitrogens with two attached hydrogens (primary N) is 1. The molecule has 0 amide bonds. The molecule has 1 aliphatic carbocycles. The lowest BCUT2D eigenvalue weighted by Gasteiger charge is -2.47. The second-order valence-electron chi connectivity index (χ2n) is 6.55. The van der Waals surface area contributed by atoms with Crippen molar-refractivity contribution in [1.82, 2.24) is 0 Å². The lowest BCUT2D eigenvalue weighted by Crippen LogP contribution is -2.52. The molecular weight excluding hydrogens is 206 g/mol. The van der Waals surface area contributed by atoms with Crippen LogP contribution in [0.4, 0.5) is 0 Å². The van der Waals surface area contributed by atoms with Crippen LogP contribution in [0.1, 0.15) is 53.9 Å². The minimum atomic E-state index is 0.0863. The van der Waals surface area contributed by atoms with Crippen LogP contribution in [0.15, 0.2) is 18.2 Å². The summed E-state index contributed by atoms with van der Waals surface area (Å²) in [6.07, 6.45) is 13.3. The van der Waals surface area contributed by atoms with Gasteiger partial charge in [-0.1, -0.05) is 65.7 Å². The van der Waals surface area contributed by atoms with E-state index in [0.717, 1.165) is 6.42 Å². The van der Waals surface area contributed by atoms with Crippen LogP contribution in [0, 0.1) is 22.8 Å². The van der Waals surface area contributed by atoms with Crippen LogP contribution in [0.2, 0.25) is 0 Å². The van der Waals surface area contributed by atoms with E-state index < -0.39 is 0 Å². The van der Waals surface area contributed by atoms with Gasteiger partial charge in [0.05, 0.1) is 0 Å². The van der Waals surface area contributed by atoms with Gasteiger partial charge in [0, 0.05) is 11.5 Å². The summed E-state index contributed by atoms with van der Waals surface area (Å²) in [6.45, 7) is 11.3. The zero-order chi connectivity index (χ0) is 13.1. The van der Waals surface area contributed by atoms with Gasteiger partial charge in [0.25, 0.3) is 0 Å². The zero-order valence-electron chi connectivity index (χ0n) is 12.1. The highest BCUT2D eigenvalue weighted by Gasteiger charge is 2.43. The third kappa shape index (κ3) is 3.01. The first-order chi connectivity index (χ1) is 7.84. The predicted molar refractivity (Wildman–Crippen MR) is 75.5 cm³/mol. The van der Waals surface area contributed by atoms with Crippen molar-refractivity contribution >= 4 is 0 Å². The van der Waals surface area contributed by atoms with E-state index in [0.29, 0.717) is 5.92 Å². The average Bonchev–Trinajstić information content (AvgIpc) is 2.28. The summed E-state index contributed by atoms with van der Waals surface area (Å²) in [7, 11) is 0. The third-order valence-electron chi connectivity index (χ3n) is 4.18. The number of allylic oxidation sites excluding steroid dienone is 3. The van der Waals surface area contributed by atoms with E-state index in [-0.39, 0.29) is 16.9 Å². The summed E-state index contributed by atoms with van der Waals surface area (Å²) < 4.78 is 0. The fourth-order valence-electron chi connectivity index (χ4n) is 2.96. The summed E-state index contributed by atoms with van der Waals surface area (Å²) in [4.78, 5) is 0. The molecule has 0 saturated heterocycles. The summed E-state index contributed by atoms with van der Waals surface area (Å²) in [5, 5.41) is 0. The Morgan fingerprint density at radius 3 is 2.47 bits per heavy atom. The number of rotatable bonds is 4. The molecule has 1 nitrogen and oxygen atoms in total. The molecule has 97 valence electrons. The van der Waals surface area contributed by atoms with Crippen molar-refractivity contribution in [2.24, 2.45) is 22.5 Å². The smallest absolute Gasteiger partial charge is 0.0185 e. The van der Waals surface area contributed by atoms with Crippen molar-refractivity contribution in [2.75, 3.05) is 0 Å². The Hall–Kier alpha value is -0.560. The van der Waals surface area contributed by atoms with E-state index in [9.17, 15) is 0 Å². The molecule has 17 heavy (non-hydrogen) atoms. The molecule has 0 aromatic rings. The quantitative estimate of drug-likeness (QED) is 0.778. The molecule has 1 radical (unpaired) electrons. The van der Waals surface area contributed by atoms with Crippen LogP contribution in [0.5, 0.6) is 0 Å². The molecule has 1 rings (SSSR count). The molecule has 0 spiro atoms. The highest BCUT2D eigenvalue weighted by molar-refractivity contribution is 5.19. The van der Waals surface area contributed by atoms with Crippen LogP contribution in [0.25, 0.3) is 0 Å². The van der Waals surface area contributed by atoms with E-state index in [1.807, 2.05) is 6.08 Å². The van der Waals surface area contributed by atoms with Crippen molar-refractivity contribution in [1.29, 1.82) is 0 Å². The minimum absolute atomic E-state index is 0.0863. The second kappa shape index (κ2) is 5.39. The van der Waals surface area contributed by atoms with Crippen LogP contribution < -0.4 is 5.73 Å². The average molecular weight is 234 g/mol. The SMILES string of the molecule is CCCC(C)C1(C(N)C(C)(C)C)C=CC=[C]C1. The second-order valence-corrected chi connectivity index (χ2v) is 6.55. The van der Waals surface area contributed by atoms with E-state index in [1.165, 1.54) is 12.8 Å². The standard InChI is InChI=1S/C16H28N/c1-6-10-13(2)16(11-8-7-9-12-16)14(17)15(3,4)5/h7-8,11,13-14H,6,10,12,17H2,1-5H3. The van der Waals surface area contributed by atoms with Gasteiger partial charge in [-0.05, 0) is 23.8 Å². The maximum atomic E-state index is 6.59. The van der Waals surface area contributed by atoms with Crippen molar-refractivity contribution in [3.63, 3.8) is 0 Å². The molecule has 0 aromatic carbocycles. The zero-order valence-corrected chi connectivity index (χ0v) is 12.1. The van der Waals surface area contributed by atoms with Gasteiger partial charge in [-0.3, -0.25) is 0 Å². The molecule has 0 fully saturated rings. The van der Waals surface area contributed by atoms with Crippen molar-refractivity contribution in [3.8, 4) is 0 Å². The highest BCUT2D eigenvalue weighted by Crippen LogP contribution is 2.45. The van der Waals surface area contributed by atoms with Gasteiger partial charge in [-0.25, -0.2) is 0 Å². The summed E-state index contributed by atoms with van der Waals surface area (Å²) >= 11 is 0. The first-order valence-electron chi connectivity index (χ1n) is 6.84. The Morgan fingerprint density at radius 2 is 2.06 bits per heavy atom. The highest BCUT2D eigenvalue weighted by atomic mass is 14.7. The molecule has 0 heterocycles.